The number of pyridine rings is 6. The number of carbonyl (C=O) groups is 3. The van der Waals surface area contributed by atoms with E-state index in [0.29, 0.717) is 86.1 Å². The Hall–Kier alpha value is -8.10. The zero-order chi connectivity index (χ0) is 89.7. The summed E-state index contributed by atoms with van der Waals surface area (Å²) in [4.78, 5) is 84.2. The first kappa shape index (κ1) is 109. The average molecular weight is 2060 g/mol. The summed E-state index contributed by atoms with van der Waals surface area (Å²) < 4.78 is 28.4. The van der Waals surface area contributed by atoms with Crippen molar-refractivity contribution in [1.82, 2.24) is 89.7 Å². The summed E-state index contributed by atoms with van der Waals surface area (Å²) in [5, 5.41) is 36.1. The van der Waals surface area contributed by atoms with Crippen LogP contribution < -0.4 is 61.3 Å². The molecule has 3 aliphatic heterocycles. The number of amides is 1. The van der Waals surface area contributed by atoms with Gasteiger partial charge < -0.3 is 75.7 Å². The van der Waals surface area contributed by atoms with Crippen molar-refractivity contribution in [1.29, 1.82) is 0 Å². The van der Waals surface area contributed by atoms with Crippen molar-refractivity contribution in [3.8, 4) is 11.4 Å². The van der Waals surface area contributed by atoms with Crippen molar-refractivity contribution in [3.05, 3.63) is 226 Å². The molecule has 2 aromatic carbocycles. The summed E-state index contributed by atoms with van der Waals surface area (Å²) in [6.07, 6.45) is 9.25. The quantitative estimate of drug-likeness (QED) is 0.0111. The number of anilines is 6. The summed E-state index contributed by atoms with van der Waals surface area (Å²) in [6, 6.07) is 28.5. The van der Waals surface area contributed by atoms with Gasteiger partial charge in [0.1, 0.15) is 37.4 Å². The Morgan fingerprint density at radius 1 is 0.512 bits per heavy atom. The van der Waals surface area contributed by atoms with E-state index in [1.54, 1.807) is 24.0 Å². The van der Waals surface area contributed by atoms with E-state index in [2.05, 4.69) is 86.9 Å². The molecular weight excluding hydrogens is 1970 g/mol. The number of benzene rings is 2. The van der Waals surface area contributed by atoms with Crippen LogP contribution in [0.5, 0.6) is 0 Å². The van der Waals surface area contributed by atoms with E-state index in [9.17, 15) is 14.4 Å². The fourth-order valence-corrected chi connectivity index (χ4v) is 13.5. The number of carboxylic acids is 1. The van der Waals surface area contributed by atoms with Gasteiger partial charge in [-0.1, -0.05) is 123 Å². The maximum Gasteiger partial charge on any atom is 2.00 e. The zero-order valence-electron chi connectivity index (χ0n) is 71.1. The van der Waals surface area contributed by atoms with Crippen molar-refractivity contribution < 1.29 is 67.1 Å². The number of nitrogens with one attached hydrogen (secondary N) is 3. The summed E-state index contributed by atoms with van der Waals surface area (Å²) >= 11 is 57.3. The molecule has 1 amide bonds. The van der Waals surface area contributed by atoms with Crippen LogP contribution in [0.15, 0.2) is 134 Å². The predicted molar refractivity (Wildman–Crippen MR) is 505 cm³/mol. The van der Waals surface area contributed by atoms with E-state index >= 15 is 0 Å². The molecule has 14 heterocycles. The molecule has 0 saturated carbocycles. The maximum absolute atomic E-state index is 11.5. The van der Waals surface area contributed by atoms with Gasteiger partial charge in [-0.2, -0.15) is 25.3 Å². The number of fused-ring (bicyclic) bond motifs is 3. The molecule has 0 bridgehead atoms. The summed E-state index contributed by atoms with van der Waals surface area (Å²) in [5.74, 6) is 5.61. The van der Waals surface area contributed by atoms with Gasteiger partial charge in [0.25, 0.3) is 5.91 Å². The first-order valence-electron chi connectivity index (χ1n) is 37.3. The molecule has 6 N–H and O–H groups in total. The number of carboxylic acid groups (broad SMARTS) is 1. The van der Waals surface area contributed by atoms with Crippen molar-refractivity contribution in [2.75, 3.05) is 94.2 Å². The Bertz CT molecular complexity index is 5770. The number of halogens is 11. The molecule has 0 spiro atoms. The molecule has 0 aliphatic carbocycles. The number of hydrazine groups is 1. The molecule has 16 rings (SSSR count). The number of nitrogens with zero attached hydrogens (tertiary/aromatic N) is 19. The number of rotatable bonds is 12. The van der Waals surface area contributed by atoms with Crippen LogP contribution in [0.25, 0.3) is 44.1 Å². The van der Waals surface area contributed by atoms with Crippen molar-refractivity contribution >= 4 is 237 Å². The number of hydroxylamine groups is 2. The van der Waals surface area contributed by atoms with E-state index < -0.39 is 13.1 Å². The Morgan fingerprint density at radius 2 is 0.882 bits per heavy atom. The Morgan fingerprint density at radius 3 is 1.30 bits per heavy atom. The fourth-order valence-electron chi connectivity index (χ4n) is 11.5. The maximum atomic E-state index is 11.5. The summed E-state index contributed by atoms with van der Waals surface area (Å²) in [7, 11) is 9.85. The van der Waals surface area contributed by atoms with Crippen LogP contribution in [0.2, 0.25) is 50.9 Å². The van der Waals surface area contributed by atoms with Gasteiger partial charge in [-0.15, -0.1) is 0 Å². The van der Waals surface area contributed by atoms with Gasteiger partial charge in [0, 0.05) is 147 Å². The number of nitrogens with two attached hydrogens (primary N) is 1. The number of morpholine rings is 2. The second-order valence-electron chi connectivity index (χ2n) is 27.8. The standard InChI is InChI=1S/C22H22ClN7O.C14H20BN3O2.C14H14Cl2N4O.C8H8Cl2N2O2.C8H8ClN3.C7H5Cl2NO.C6H3Cl2NO2.CH6N2.CH4.CH3.HI.Mg/c1-14-17-13-24-18(11-20(17)29(2)28-14)19-12-21(25-16-5-3-15(23)4-6-16)27-22(26-19)30-7-9-31-10-8-30;1-9-10-8-16-12(7-11(10)18(6)17-9)15-19-13(2,3)14(4,5)20-15;15-10-1-3-11(4-2-10)17-13-9-12(16)18-14(19-13)20-5-7-21-8-6-20;1-12(14-2)8(13)5-4-11-7(10)3-6(5)9;1-5-6-4-10-8(9)3-7(6)12(2)11-5;1-4(11)5-3-10-7(9)2-6(5)8;7-4-1-5(8)9-2-3(4)6(10)11;1-3-2;;;;/h3-6,11-13H,7-10H2,1-2H3,(H,25,26,27);7-8H,1-6H3;1-4,9H,5-8H2,(H,17,18,19);3-4H,1-2H3;3-4H,1-2H3;2-3H,1H3;1-2H,(H,10,11);3H,2H2,1H3;1H4;1H3;1H;/q;;;;;;;;;-1;;+2/p-1. The third-order valence-electron chi connectivity index (χ3n) is 18.6. The molecular formula is C82H93BCl10IMgN23O9. The molecule has 45 heteroatoms. The molecule has 672 valence electrons. The van der Waals surface area contributed by atoms with Gasteiger partial charge in [-0.3, -0.25) is 49.7 Å². The van der Waals surface area contributed by atoms with Gasteiger partial charge in [-0.05, 0) is 141 Å². The van der Waals surface area contributed by atoms with E-state index in [1.165, 1.54) is 51.7 Å². The molecule has 0 radical (unpaired) electrons. The Balaban J connectivity index is 0.000000269. The Labute approximate surface area is 819 Å². The fraction of sp³-hybridized carbons (Fsp3) is 0.305. The molecule has 3 aliphatic rings. The third kappa shape index (κ3) is 30.8. The van der Waals surface area contributed by atoms with E-state index in [-0.39, 0.29) is 116 Å². The number of hydrogen-bond donors (Lipinski definition) is 5. The van der Waals surface area contributed by atoms with Crippen LogP contribution in [0.3, 0.4) is 0 Å². The predicted octanol–water partition coefficient (Wildman–Crippen LogP) is 14.3. The first-order chi connectivity index (χ1) is 58.3. The van der Waals surface area contributed by atoms with Crippen LogP contribution in [0.1, 0.15) is 90.2 Å². The topological polar surface area (TPSA) is 372 Å². The molecule has 32 nitrogen and oxygen atoms in total. The van der Waals surface area contributed by atoms with Gasteiger partial charge in [-0.25, -0.2) is 39.8 Å². The van der Waals surface area contributed by atoms with Crippen molar-refractivity contribution in [3.63, 3.8) is 0 Å². The number of ether oxygens (including phenoxy) is 2. The minimum absolute atomic E-state index is 0. The van der Waals surface area contributed by atoms with E-state index in [1.807, 2.05) is 164 Å². The van der Waals surface area contributed by atoms with Crippen LogP contribution in [0.4, 0.5) is 34.9 Å². The number of carbonyl (C=O) groups excluding carboxylic acids is 2. The normalized spacial score (nSPS) is 13.2. The van der Waals surface area contributed by atoms with Gasteiger partial charge in [0.15, 0.2) is 5.78 Å². The second kappa shape index (κ2) is 50.9. The molecule has 127 heavy (non-hydrogen) atoms. The third-order valence-corrected chi connectivity index (χ3v) is 21.0. The minimum Gasteiger partial charge on any atom is -1.00 e. The Kier molecular flexibility index (Phi) is 43.9. The molecule has 3 saturated heterocycles. The van der Waals surface area contributed by atoms with Crippen LogP contribution in [-0.2, 0) is 44.8 Å². The number of aromatic nitrogens is 16. The van der Waals surface area contributed by atoms with Crippen LogP contribution in [0, 0.1) is 28.2 Å². The molecule has 0 unspecified atom stereocenters. The number of aromatic carboxylic acids is 1. The first-order valence-corrected chi connectivity index (χ1v) is 41.0. The summed E-state index contributed by atoms with van der Waals surface area (Å²) in [6.45, 7) is 21.2. The van der Waals surface area contributed by atoms with Gasteiger partial charge >= 0.3 is 36.1 Å². The second-order valence-corrected chi connectivity index (χ2v) is 31.9. The van der Waals surface area contributed by atoms with E-state index in [4.69, 9.17) is 155 Å². The molecule has 0 atom stereocenters. The summed E-state index contributed by atoms with van der Waals surface area (Å²) in [5.41, 5.74) is 12.2. The largest absolute Gasteiger partial charge is 2.00 e. The monoisotopic (exact) mass is 2060 g/mol. The number of Topliss-reactive ketones (excluding diaryl/α,β-unsaturated/α-hetero) is 1. The number of ketones is 1. The van der Waals surface area contributed by atoms with Gasteiger partial charge in [0.2, 0.25) is 11.9 Å². The van der Waals surface area contributed by atoms with E-state index in [0.717, 1.165) is 116 Å². The van der Waals surface area contributed by atoms with Crippen molar-refractivity contribution in [2.24, 2.45) is 27.0 Å². The SMILES string of the molecule is C.CC(=O)c1cnc(Cl)cc1Cl.CNN.CON(C)C(=O)c1cnc(Cl)cc1Cl.Cc1nn(C)c2cc(-c3cc(Nc4ccc(Cl)cc4)nc(N4CCOCC4)n3)ncc12.Cc1nn(C)c2cc(B3OC(C)(C)C(C)(C)O3)ncc12.Cc1nn(C)c2cc(Cl)ncc12.Clc1ccc(Nc2cc(Cl)nc(N3CCOCC3)n2)cc1.O=C(O)c1cnc(Cl)cc1Cl.[CH3-].[I-].[Mg+2]. The number of aryl methyl sites for hydroxylation is 6. The molecule has 3 fully saturated rings. The van der Waals surface area contributed by atoms with Crippen LogP contribution >= 0.6 is 116 Å². The average Bonchev–Trinajstić information content (AvgIpc) is 1.60. The van der Waals surface area contributed by atoms with Gasteiger partial charge in [0.05, 0.1) is 127 Å². The zero-order valence-corrected chi connectivity index (χ0v) is 82.2. The van der Waals surface area contributed by atoms with Crippen molar-refractivity contribution in [2.45, 2.75) is 74.0 Å². The molecule has 13 aromatic rings. The number of hydrogen-bond acceptors (Lipinski definition) is 27. The van der Waals surface area contributed by atoms with Crippen LogP contribution in [-0.4, -0.2) is 222 Å². The molecule has 11 aromatic heterocycles. The minimum atomic E-state index is -1.11. The smallest absolute Gasteiger partial charge is 1.00 e.